The zero-order chi connectivity index (χ0) is 19.0. The lowest BCUT2D eigenvalue weighted by Crippen LogP contribution is -2.63. The maximum atomic E-state index is 12.8. The number of aryl methyl sites for hydroxylation is 2. The van der Waals surface area contributed by atoms with Crippen LogP contribution in [0.1, 0.15) is 41.0 Å². The van der Waals surface area contributed by atoms with Gasteiger partial charge in [0.25, 0.3) is 5.91 Å². The van der Waals surface area contributed by atoms with Gasteiger partial charge in [0.1, 0.15) is 0 Å². The van der Waals surface area contributed by atoms with E-state index in [-0.39, 0.29) is 17.5 Å². The van der Waals surface area contributed by atoms with Gasteiger partial charge in [0.05, 0.1) is 24.7 Å². The molecule has 2 atom stereocenters. The van der Waals surface area contributed by atoms with E-state index in [1.54, 1.807) is 18.4 Å². The Bertz CT molecular complexity index is 818. The summed E-state index contributed by atoms with van der Waals surface area (Å²) in [4.78, 5) is 19.2. The van der Waals surface area contributed by atoms with Crippen LogP contribution in [-0.2, 0) is 13.6 Å². The second-order valence-electron chi connectivity index (χ2n) is 7.82. The number of nitrogens with one attached hydrogen (secondary N) is 1. The van der Waals surface area contributed by atoms with Crippen LogP contribution in [-0.4, -0.2) is 74.2 Å². The molecule has 8 nitrogen and oxygen atoms in total. The molecule has 0 saturated carbocycles. The van der Waals surface area contributed by atoms with Crippen LogP contribution in [0.3, 0.4) is 0 Å². The summed E-state index contributed by atoms with van der Waals surface area (Å²) in [6.45, 7) is 5.64. The van der Waals surface area contributed by atoms with Gasteiger partial charge in [-0.3, -0.25) is 14.6 Å². The second-order valence-corrected chi connectivity index (χ2v) is 8.56. The molecule has 2 unspecified atom stereocenters. The minimum atomic E-state index is -0.0277. The van der Waals surface area contributed by atoms with Crippen molar-refractivity contribution in [1.29, 1.82) is 0 Å². The van der Waals surface area contributed by atoms with Gasteiger partial charge in [0.2, 0.25) is 0 Å². The molecule has 146 valence electrons. The number of likely N-dealkylation sites (tertiary alicyclic amines) is 2. The highest BCUT2D eigenvalue weighted by Gasteiger charge is 2.49. The number of likely N-dealkylation sites (N-methyl/N-ethyl adjacent to an activating group) is 1. The molecular formula is C18H27N7OS. The van der Waals surface area contributed by atoms with E-state index in [1.165, 1.54) is 4.80 Å². The Morgan fingerprint density at radius 1 is 1.37 bits per heavy atom. The summed E-state index contributed by atoms with van der Waals surface area (Å²) in [5, 5.41) is 19.7. The number of thiophene rings is 1. The van der Waals surface area contributed by atoms with E-state index in [0.29, 0.717) is 6.54 Å². The minimum absolute atomic E-state index is 0.0277. The summed E-state index contributed by atoms with van der Waals surface area (Å²) in [5.41, 5.74) is 1.83. The lowest BCUT2D eigenvalue weighted by molar-refractivity contribution is 0.0343. The number of piperidine rings is 1. The van der Waals surface area contributed by atoms with Crippen molar-refractivity contribution < 1.29 is 4.79 Å². The summed E-state index contributed by atoms with van der Waals surface area (Å²) in [6, 6.07) is 0.159. The van der Waals surface area contributed by atoms with Crippen molar-refractivity contribution in [3.63, 3.8) is 0 Å². The van der Waals surface area contributed by atoms with Crippen molar-refractivity contribution in [3.8, 4) is 0 Å². The Kier molecular flexibility index (Phi) is 5.00. The number of tetrazole rings is 1. The number of rotatable bonds is 4. The fourth-order valence-corrected chi connectivity index (χ4v) is 5.42. The van der Waals surface area contributed by atoms with E-state index >= 15 is 0 Å². The normalized spacial score (nSPS) is 26.7. The SMILES string of the molecule is Cc1cscc1C(=O)NC1CCN(C)C12CCCN(Cc1nnn(C)n1)C2. The van der Waals surface area contributed by atoms with E-state index in [1.807, 2.05) is 17.7 Å². The third-order valence-electron chi connectivity index (χ3n) is 6.06. The lowest BCUT2D eigenvalue weighted by atomic mass is 9.82. The molecule has 2 aromatic heterocycles. The molecule has 2 saturated heterocycles. The first kappa shape index (κ1) is 18.5. The molecule has 9 heteroatoms. The third kappa shape index (κ3) is 3.51. The van der Waals surface area contributed by atoms with E-state index in [2.05, 4.69) is 37.6 Å². The highest BCUT2D eigenvalue weighted by Crippen LogP contribution is 2.37. The second kappa shape index (κ2) is 7.29. The molecule has 2 aliphatic heterocycles. The first-order valence-electron chi connectivity index (χ1n) is 9.48. The third-order valence-corrected chi connectivity index (χ3v) is 6.93. The van der Waals surface area contributed by atoms with Gasteiger partial charge in [-0.2, -0.15) is 16.1 Å². The summed E-state index contributed by atoms with van der Waals surface area (Å²) >= 11 is 1.58. The van der Waals surface area contributed by atoms with Crippen LogP contribution in [0, 0.1) is 6.92 Å². The Balaban J connectivity index is 1.49. The Morgan fingerprint density at radius 2 is 2.22 bits per heavy atom. The molecule has 0 radical (unpaired) electrons. The quantitative estimate of drug-likeness (QED) is 0.842. The minimum Gasteiger partial charge on any atom is -0.347 e. The molecule has 2 fully saturated rings. The number of nitrogens with zero attached hydrogens (tertiary/aromatic N) is 6. The highest BCUT2D eigenvalue weighted by atomic mass is 32.1. The molecule has 4 rings (SSSR count). The number of amides is 1. The largest absolute Gasteiger partial charge is 0.347 e. The number of hydrogen-bond acceptors (Lipinski definition) is 7. The van der Waals surface area contributed by atoms with Gasteiger partial charge >= 0.3 is 0 Å². The van der Waals surface area contributed by atoms with Gasteiger partial charge in [-0.05, 0) is 55.9 Å². The van der Waals surface area contributed by atoms with E-state index in [4.69, 9.17) is 0 Å². The van der Waals surface area contributed by atoms with Gasteiger partial charge in [0.15, 0.2) is 5.82 Å². The average Bonchev–Trinajstić information content (AvgIpc) is 3.32. The first-order chi connectivity index (χ1) is 13.0. The molecule has 0 aliphatic carbocycles. The molecule has 0 bridgehead atoms. The summed E-state index contributed by atoms with van der Waals surface area (Å²) in [5.74, 6) is 0.811. The van der Waals surface area contributed by atoms with Crippen molar-refractivity contribution in [2.45, 2.75) is 44.3 Å². The van der Waals surface area contributed by atoms with Crippen LogP contribution in [0.15, 0.2) is 10.8 Å². The first-order valence-corrected chi connectivity index (χ1v) is 10.4. The molecule has 2 aromatic rings. The Labute approximate surface area is 163 Å². The number of carbonyl (C=O) groups excluding carboxylic acids is 1. The maximum Gasteiger partial charge on any atom is 0.252 e. The van der Waals surface area contributed by atoms with Gasteiger partial charge in [-0.1, -0.05) is 0 Å². The van der Waals surface area contributed by atoms with Crippen LogP contribution in [0.25, 0.3) is 0 Å². The standard InChI is InChI=1S/C18H27N7OS/c1-13-10-27-11-14(13)17(26)19-15-5-8-23(2)18(15)6-4-7-25(12-18)9-16-20-22-24(3)21-16/h10-11,15H,4-9,12H2,1-3H3,(H,19,26). The van der Waals surface area contributed by atoms with Crippen LogP contribution in [0.4, 0.5) is 0 Å². The number of carbonyl (C=O) groups is 1. The predicted molar refractivity (Wildman–Crippen MR) is 104 cm³/mol. The van der Waals surface area contributed by atoms with Crippen molar-refractivity contribution in [2.75, 3.05) is 26.7 Å². The van der Waals surface area contributed by atoms with Crippen LogP contribution >= 0.6 is 11.3 Å². The van der Waals surface area contributed by atoms with Crippen molar-refractivity contribution in [1.82, 2.24) is 35.3 Å². The molecule has 1 amide bonds. The molecule has 1 spiro atoms. The van der Waals surface area contributed by atoms with Gasteiger partial charge in [-0.15, -0.1) is 10.2 Å². The summed E-state index contributed by atoms with van der Waals surface area (Å²) in [6.07, 6.45) is 3.19. The van der Waals surface area contributed by atoms with E-state index in [9.17, 15) is 4.79 Å². The van der Waals surface area contributed by atoms with Crippen molar-refractivity contribution in [3.05, 3.63) is 27.7 Å². The van der Waals surface area contributed by atoms with Crippen LogP contribution in [0.5, 0.6) is 0 Å². The van der Waals surface area contributed by atoms with Crippen LogP contribution < -0.4 is 5.32 Å². The van der Waals surface area contributed by atoms with Gasteiger partial charge in [-0.25, -0.2) is 0 Å². The predicted octanol–water partition coefficient (Wildman–Crippen LogP) is 1.05. The maximum absolute atomic E-state index is 12.8. The van der Waals surface area contributed by atoms with E-state index in [0.717, 1.165) is 55.8 Å². The van der Waals surface area contributed by atoms with E-state index < -0.39 is 0 Å². The van der Waals surface area contributed by atoms with Crippen molar-refractivity contribution >= 4 is 17.2 Å². The lowest BCUT2D eigenvalue weighted by Gasteiger charge is -2.47. The van der Waals surface area contributed by atoms with Gasteiger partial charge < -0.3 is 5.32 Å². The molecule has 1 N–H and O–H groups in total. The number of aromatic nitrogens is 4. The smallest absolute Gasteiger partial charge is 0.252 e. The molecule has 0 aromatic carbocycles. The molecule has 4 heterocycles. The zero-order valence-corrected chi connectivity index (χ0v) is 17.0. The topological polar surface area (TPSA) is 79.2 Å². The van der Waals surface area contributed by atoms with Crippen LogP contribution in [0.2, 0.25) is 0 Å². The highest BCUT2D eigenvalue weighted by molar-refractivity contribution is 7.08. The Hall–Kier alpha value is -1.84. The average molecular weight is 390 g/mol. The molecule has 2 aliphatic rings. The molecular weight excluding hydrogens is 362 g/mol. The fourth-order valence-electron chi connectivity index (χ4n) is 4.59. The zero-order valence-electron chi connectivity index (χ0n) is 16.2. The summed E-state index contributed by atoms with van der Waals surface area (Å²) in [7, 11) is 3.98. The number of hydrogen-bond donors (Lipinski definition) is 1. The Morgan fingerprint density at radius 3 is 2.93 bits per heavy atom. The fraction of sp³-hybridized carbons (Fsp3) is 0.667. The van der Waals surface area contributed by atoms with Crippen molar-refractivity contribution in [2.24, 2.45) is 7.05 Å². The molecule has 27 heavy (non-hydrogen) atoms. The monoisotopic (exact) mass is 389 g/mol. The van der Waals surface area contributed by atoms with Gasteiger partial charge in [0, 0.05) is 24.5 Å². The summed E-state index contributed by atoms with van der Waals surface area (Å²) < 4.78 is 0.